The van der Waals surface area contributed by atoms with Crippen molar-refractivity contribution in [3.63, 3.8) is 0 Å². The van der Waals surface area contributed by atoms with Crippen LogP contribution in [0.3, 0.4) is 0 Å². The molecular weight excluding hydrogens is 178 g/mol. The van der Waals surface area contributed by atoms with Crippen LogP contribution in [-0.4, -0.2) is 30.4 Å². The van der Waals surface area contributed by atoms with Gasteiger partial charge in [-0.25, -0.2) is 12.7 Å². The van der Waals surface area contributed by atoms with Gasteiger partial charge in [-0.1, -0.05) is 0 Å². The second kappa shape index (κ2) is 3.05. The van der Waals surface area contributed by atoms with Crippen molar-refractivity contribution >= 4 is 15.9 Å². The van der Waals surface area contributed by atoms with E-state index in [4.69, 9.17) is 0 Å². The molecule has 4 nitrogen and oxygen atoms in total. The first-order chi connectivity index (χ1) is 5.50. The van der Waals surface area contributed by atoms with Crippen LogP contribution >= 0.6 is 0 Å². The van der Waals surface area contributed by atoms with Gasteiger partial charge in [0, 0.05) is 13.5 Å². The number of carbonyl (C=O) groups is 1. The first-order valence-electron chi connectivity index (χ1n) is 4.02. The molecule has 0 N–H and O–H groups in total. The van der Waals surface area contributed by atoms with E-state index in [1.165, 1.54) is 6.92 Å². The van der Waals surface area contributed by atoms with Crippen LogP contribution < -0.4 is 0 Å². The van der Waals surface area contributed by atoms with Crippen LogP contribution in [0.2, 0.25) is 0 Å². The Kier molecular flexibility index (Phi) is 2.41. The standard InChI is InChI=1S/C7H13NO3S/c1-3-8(6(2)9)12(10,11)7-4-5-7/h7H,3-5H2,1-2H3. The quantitative estimate of drug-likeness (QED) is 0.646. The third-order valence-electron chi connectivity index (χ3n) is 1.89. The van der Waals surface area contributed by atoms with Crippen molar-refractivity contribution in [3.8, 4) is 0 Å². The molecule has 0 atom stereocenters. The lowest BCUT2D eigenvalue weighted by Gasteiger charge is -2.18. The topological polar surface area (TPSA) is 54.5 Å². The molecule has 0 aromatic heterocycles. The van der Waals surface area contributed by atoms with Gasteiger partial charge in [-0.3, -0.25) is 4.79 Å². The van der Waals surface area contributed by atoms with Gasteiger partial charge in [-0.15, -0.1) is 0 Å². The Labute approximate surface area is 72.6 Å². The van der Waals surface area contributed by atoms with Crippen molar-refractivity contribution in [3.05, 3.63) is 0 Å². The Morgan fingerprint density at radius 1 is 1.50 bits per heavy atom. The van der Waals surface area contributed by atoms with E-state index in [1.54, 1.807) is 6.92 Å². The maximum Gasteiger partial charge on any atom is 0.240 e. The summed E-state index contributed by atoms with van der Waals surface area (Å²) in [4.78, 5) is 10.9. The van der Waals surface area contributed by atoms with E-state index in [1.807, 2.05) is 0 Å². The monoisotopic (exact) mass is 191 g/mol. The molecule has 0 aromatic carbocycles. The van der Waals surface area contributed by atoms with Gasteiger partial charge in [-0.05, 0) is 19.8 Å². The van der Waals surface area contributed by atoms with Gasteiger partial charge in [0.15, 0.2) is 0 Å². The first-order valence-corrected chi connectivity index (χ1v) is 5.52. The SMILES string of the molecule is CCN(C(C)=O)S(=O)(=O)C1CC1. The summed E-state index contributed by atoms with van der Waals surface area (Å²) in [5.74, 6) is -0.385. The molecule has 0 aliphatic heterocycles. The van der Waals surface area contributed by atoms with Crippen LogP contribution in [0.4, 0.5) is 0 Å². The van der Waals surface area contributed by atoms with Crippen molar-refractivity contribution in [2.45, 2.75) is 31.9 Å². The van der Waals surface area contributed by atoms with E-state index in [2.05, 4.69) is 0 Å². The van der Waals surface area contributed by atoms with Gasteiger partial charge in [0.2, 0.25) is 15.9 Å². The van der Waals surface area contributed by atoms with Crippen LogP contribution in [-0.2, 0) is 14.8 Å². The molecule has 0 saturated heterocycles. The maximum absolute atomic E-state index is 11.5. The molecule has 1 rings (SSSR count). The fraction of sp³-hybridized carbons (Fsp3) is 0.857. The highest BCUT2D eigenvalue weighted by atomic mass is 32.2. The summed E-state index contributed by atoms with van der Waals surface area (Å²) in [7, 11) is -3.29. The van der Waals surface area contributed by atoms with E-state index in [0.29, 0.717) is 12.8 Å². The summed E-state index contributed by atoms with van der Waals surface area (Å²) >= 11 is 0. The predicted molar refractivity (Wildman–Crippen MR) is 45.0 cm³/mol. The highest BCUT2D eigenvalue weighted by molar-refractivity contribution is 7.90. The zero-order valence-corrected chi connectivity index (χ0v) is 8.10. The Morgan fingerprint density at radius 2 is 2.00 bits per heavy atom. The fourth-order valence-corrected chi connectivity index (χ4v) is 2.94. The van der Waals surface area contributed by atoms with Gasteiger partial charge in [-0.2, -0.15) is 0 Å². The second-order valence-corrected chi connectivity index (χ2v) is 5.07. The van der Waals surface area contributed by atoms with Gasteiger partial charge in [0.25, 0.3) is 0 Å². The molecule has 0 unspecified atom stereocenters. The number of rotatable bonds is 3. The minimum absolute atomic E-state index is 0.244. The van der Waals surface area contributed by atoms with E-state index in [9.17, 15) is 13.2 Å². The van der Waals surface area contributed by atoms with Crippen LogP contribution in [0, 0.1) is 0 Å². The molecule has 0 radical (unpaired) electrons. The molecule has 5 heteroatoms. The van der Waals surface area contributed by atoms with Crippen molar-refractivity contribution < 1.29 is 13.2 Å². The normalized spacial score (nSPS) is 17.5. The third kappa shape index (κ3) is 1.60. The van der Waals surface area contributed by atoms with Gasteiger partial charge in [0.05, 0.1) is 5.25 Å². The summed E-state index contributed by atoms with van der Waals surface area (Å²) in [5.41, 5.74) is 0. The van der Waals surface area contributed by atoms with Crippen molar-refractivity contribution in [2.75, 3.05) is 6.54 Å². The lowest BCUT2D eigenvalue weighted by atomic mass is 10.6. The lowest BCUT2D eigenvalue weighted by Crippen LogP contribution is -2.37. The third-order valence-corrected chi connectivity index (χ3v) is 4.33. The maximum atomic E-state index is 11.5. The number of sulfonamides is 1. The molecule has 1 amide bonds. The summed E-state index contributed by atoms with van der Waals surface area (Å²) in [6.45, 7) is 3.19. The fourth-order valence-electron chi connectivity index (χ4n) is 1.13. The molecule has 1 saturated carbocycles. The summed E-state index contributed by atoms with van der Waals surface area (Å²) < 4.78 is 23.9. The van der Waals surface area contributed by atoms with Crippen LogP contribution in [0.15, 0.2) is 0 Å². The highest BCUT2D eigenvalue weighted by Gasteiger charge is 2.40. The smallest absolute Gasteiger partial charge is 0.240 e. The number of amides is 1. The molecule has 1 fully saturated rings. The number of hydrogen-bond donors (Lipinski definition) is 0. The van der Waals surface area contributed by atoms with Crippen LogP contribution in [0.25, 0.3) is 0 Å². The Balaban J connectivity index is 2.83. The Bertz CT molecular complexity index is 279. The molecule has 1 aliphatic rings. The van der Waals surface area contributed by atoms with Gasteiger partial charge < -0.3 is 0 Å². The average Bonchev–Trinajstić information content (AvgIpc) is 2.66. The molecule has 70 valence electrons. The zero-order chi connectivity index (χ0) is 9.35. The molecule has 1 aliphatic carbocycles. The highest BCUT2D eigenvalue weighted by Crippen LogP contribution is 2.30. The number of nitrogens with zero attached hydrogens (tertiary/aromatic N) is 1. The Morgan fingerprint density at radius 3 is 2.25 bits per heavy atom. The largest absolute Gasteiger partial charge is 0.274 e. The number of hydrogen-bond acceptors (Lipinski definition) is 3. The second-order valence-electron chi connectivity index (χ2n) is 2.93. The summed E-state index contributed by atoms with van der Waals surface area (Å²) in [5, 5.41) is -0.290. The average molecular weight is 191 g/mol. The van der Waals surface area contributed by atoms with Crippen molar-refractivity contribution in [1.82, 2.24) is 4.31 Å². The predicted octanol–water partition coefficient (Wildman–Crippen LogP) is 0.347. The van der Waals surface area contributed by atoms with Crippen LogP contribution in [0.1, 0.15) is 26.7 Å². The number of carbonyl (C=O) groups excluding carboxylic acids is 1. The first kappa shape index (κ1) is 9.51. The minimum atomic E-state index is -3.29. The van der Waals surface area contributed by atoms with Crippen LogP contribution in [0.5, 0.6) is 0 Å². The van der Waals surface area contributed by atoms with Gasteiger partial charge in [0.1, 0.15) is 0 Å². The van der Waals surface area contributed by atoms with Crippen molar-refractivity contribution in [1.29, 1.82) is 0 Å². The molecule has 0 heterocycles. The van der Waals surface area contributed by atoms with Gasteiger partial charge >= 0.3 is 0 Å². The van der Waals surface area contributed by atoms with E-state index < -0.39 is 10.0 Å². The lowest BCUT2D eigenvalue weighted by molar-refractivity contribution is -0.124. The van der Waals surface area contributed by atoms with E-state index in [0.717, 1.165) is 4.31 Å². The summed E-state index contributed by atoms with van der Waals surface area (Å²) in [6.07, 6.45) is 1.40. The molecule has 12 heavy (non-hydrogen) atoms. The summed E-state index contributed by atoms with van der Waals surface area (Å²) in [6, 6.07) is 0. The molecule has 0 aromatic rings. The minimum Gasteiger partial charge on any atom is -0.274 e. The molecule has 0 bridgehead atoms. The Hall–Kier alpha value is -0.580. The molecule has 0 spiro atoms. The van der Waals surface area contributed by atoms with Crippen molar-refractivity contribution in [2.24, 2.45) is 0 Å². The van der Waals surface area contributed by atoms with E-state index in [-0.39, 0.29) is 17.7 Å². The zero-order valence-electron chi connectivity index (χ0n) is 7.28. The van der Waals surface area contributed by atoms with E-state index >= 15 is 0 Å². The molecular formula is C7H13NO3S.